The number of ether oxygens (including phenoxy) is 1. The summed E-state index contributed by atoms with van der Waals surface area (Å²) in [5.74, 6) is 0.778. The molecule has 0 aromatic rings. The van der Waals surface area contributed by atoms with Crippen LogP contribution in [0.15, 0.2) is 4.99 Å². The lowest BCUT2D eigenvalue weighted by molar-refractivity contribution is -0.127. The molecule has 2 N–H and O–H groups in total. The number of halogens is 1. The van der Waals surface area contributed by atoms with Gasteiger partial charge >= 0.3 is 0 Å². The van der Waals surface area contributed by atoms with Crippen LogP contribution in [0.1, 0.15) is 52.4 Å². The van der Waals surface area contributed by atoms with E-state index < -0.39 is 0 Å². The highest BCUT2D eigenvalue weighted by Gasteiger charge is 2.16. The molecule has 0 atom stereocenters. The van der Waals surface area contributed by atoms with Gasteiger partial charge in [-0.05, 0) is 39.5 Å². The molecular weight excluding hydrogens is 419 g/mol. The van der Waals surface area contributed by atoms with E-state index in [0.29, 0.717) is 12.1 Å². The molecule has 0 radical (unpaired) electrons. The largest absolute Gasteiger partial charge is 0.379 e. The Labute approximate surface area is 164 Å². The molecule has 1 rings (SSSR count). The Morgan fingerprint density at radius 2 is 1.92 bits per heavy atom. The van der Waals surface area contributed by atoms with Gasteiger partial charge in [-0.15, -0.1) is 24.0 Å². The second-order valence-electron chi connectivity index (χ2n) is 6.63. The minimum Gasteiger partial charge on any atom is -0.379 e. The molecule has 24 heavy (non-hydrogen) atoms. The Kier molecular flexibility index (Phi) is 13.4. The molecule has 1 saturated carbocycles. The van der Waals surface area contributed by atoms with Crippen LogP contribution in [0.3, 0.4) is 0 Å². The Bertz CT molecular complexity index is 370. The number of rotatable bonds is 9. The van der Waals surface area contributed by atoms with Crippen molar-refractivity contribution in [1.82, 2.24) is 15.5 Å². The van der Waals surface area contributed by atoms with Gasteiger partial charge in [0.05, 0.1) is 6.10 Å². The third-order valence-electron chi connectivity index (χ3n) is 3.88. The lowest BCUT2D eigenvalue weighted by Crippen LogP contribution is -2.43. The molecule has 0 heterocycles. The molecule has 0 spiro atoms. The maximum Gasteiger partial charge on any atom is 0.243 e. The van der Waals surface area contributed by atoms with Crippen LogP contribution in [0.4, 0.5) is 0 Å². The summed E-state index contributed by atoms with van der Waals surface area (Å²) in [5, 5.41) is 6.80. The van der Waals surface area contributed by atoms with Crippen molar-refractivity contribution in [3.8, 4) is 0 Å². The fourth-order valence-corrected chi connectivity index (χ4v) is 2.46. The van der Waals surface area contributed by atoms with Crippen LogP contribution in [0.5, 0.6) is 0 Å². The second-order valence-corrected chi connectivity index (χ2v) is 6.63. The van der Waals surface area contributed by atoms with Crippen molar-refractivity contribution in [3.05, 3.63) is 0 Å². The van der Waals surface area contributed by atoms with E-state index in [0.717, 1.165) is 32.0 Å². The van der Waals surface area contributed by atoms with Crippen molar-refractivity contribution in [2.24, 2.45) is 4.99 Å². The van der Waals surface area contributed by atoms with Crippen molar-refractivity contribution < 1.29 is 9.53 Å². The van der Waals surface area contributed by atoms with Crippen LogP contribution in [0.2, 0.25) is 0 Å². The monoisotopic (exact) mass is 454 g/mol. The van der Waals surface area contributed by atoms with E-state index in [1.165, 1.54) is 25.7 Å². The van der Waals surface area contributed by atoms with Crippen LogP contribution in [0, 0.1) is 0 Å². The topological polar surface area (TPSA) is 66.0 Å². The Morgan fingerprint density at radius 1 is 1.25 bits per heavy atom. The summed E-state index contributed by atoms with van der Waals surface area (Å²) < 4.78 is 5.54. The van der Waals surface area contributed by atoms with Crippen molar-refractivity contribution in [2.45, 2.75) is 64.5 Å². The van der Waals surface area contributed by atoms with E-state index in [4.69, 9.17) is 4.74 Å². The molecule has 0 aromatic carbocycles. The molecule has 1 amide bonds. The molecule has 6 nitrogen and oxygen atoms in total. The van der Waals surface area contributed by atoms with E-state index >= 15 is 0 Å². The number of amides is 1. The lowest BCUT2D eigenvalue weighted by Gasteiger charge is -2.18. The molecule has 142 valence electrons. The van der Waals surface area contributed by atoms with Crippen molar-refractivity contribution >= 4 is 35.8 Å². The number of hydrogen-bond acceptors (Lipinski definition) is 3. The number of likely N-dealkylation sites (N-methyl/N-ethyl adjacent to an activating group) is 1. The maximum atomic E-state index is 11.7. The zero-order chi connectivity index (χ0) is 17.1. The Morgan fingerprint density at radius 3 is 2.50 bits per heavy atom. The Hall–Kier alpha value is -0.570. The van der Waals surface area contributed by atoms with Gasteiger partial charge in [0.2, 0.25) is 5.91 Å². The van der Waals surface area contributed by atoms with Gasteiger partial charge in [0.15, 0.2) is 5.96 Å². The van der Waals surface area contributed by atoms with Gasteiger partial charge in [-0.2, -0.15) is 0 Å². The number of carbonyl (C=O) groups is 1. The standard InChI is InChI=1S/C17H34N4O2.HI/c1-14(2)23-12-8-7-11-18-17(19-13-16(22)21(3)4)20-15-9-5-6-10-15;/h14-15H,5-13H2,1-4H3,(H2,18,19,20);1H. The van der Waals surface area contributed by atoms with E-state index in [1.54, 1.807) is 19.0 Å². The summed E-state index contributed by atoms with van der Waals surface area (Å²) in [4.78, 5) is 17.7. The minimum absolute atomic E-state index is 0. The predicted molar refractivity (Wildman–Crippen MR) is 110 cm³/mol. The number of hydrogen-bond donors (Lipinski definition) is 2. The van der Waals surface area contributed by atoms with Crippen LogP contribution < -0.4 is 10.6 Å². The van der Waals surface area contributed by atoms with Crippen LogP contribution in [0.25, 0.3) is 0 Å². The zero-order valence-corrected chi connectivity index (χ0v) is 18.0. The van der Waals surface area contributed by atoms with Gasteiger partial charge in [0.1, 0.15) is 6.54 Å². The highest BCUT2D eigenvalue weighted by atomic mass is 127. The number of aliphatic imine (C=N–C) groups is 1. The third-order valence-corrected chi connectivity index (χ3v) is 3.88. The minimum atomic E-state index is 0. The number of unbranched alkanes of at least 4 members (excludes halogenated alkanes) is 1. The highest BCUT2D eigenvalue weighted by Crippen LogP contribution is 2.17. The molecule has 1 aliphatic carbocycles. The van der Waals surface area contributed by atoms with Crippen LogP contribution in [-0.2, 0) is 9.53 Å². The average Bonchev–Trinajstić information content (AvgIpc) is 3.00. The second kappa shape index (κ2) is 13.7. The smallest absolute Gasteiger partial charge is 0.243 e. The summed E-state index contributed by atoms with van der Waals surface area (Å²) in [6.45, 7) is 5.93. The van der Waals surface area contributed by atoms with E-state index in [2.05, 4.69) is 29.5 Å². The van der Waals surface area contributed by atoms with Crippen molar-refractivity contribution in [2.75, 3.05) is 33.8 Å². The number of nitrogens with one attached hydrogen (secondary N) is 2. The van der Waals surface area contributed by atoms with Crippen molar-refractivity contribution in [3.63, 3.8) is 0 Å². The fourth-order valence-electron chi connectivity index (χ4n) is 2.46. The first-order valence-electron chi connectivity index (χ1n) is 8.85. The van der Waals surface area contributed by atoms with Crippen molar-refractivity contribution in [1.29, 1.82) is 0 Å². The van der Waals surface area contributed by atoms with Crippen LogP contribution in [-0.4, -0.2) is 62.7 Å². The van der Waals surface area contributed by atoms with Gasteiger partial charge in [-0.1, -0.05) is 12.8 Å². The zero-order valence-electron chi connectivity index (χ0n) is 15.6. The Balaban J connectivity index is 0.00000529. The fraction of sp³-hybridized carbons (Fsp3) is 0.882. The van der Waals surface area contributed by atoms with Crippen LogP contribution >= 0.6 is 24.0 Å². The number of guanidine groups is 1. The van der Waals surface area contributed by atoms with E-state index in [9.17, 15) is 4.79 Å². The van der Waals surface area contributed by atoms with Gasteiger partial charge in [0, 0.05) is 33.3 Å². The molecule has 0 aliphatic heterocycles. The summed E-state index contributed by atoms with van der Waals surface area (Å²) in [5.41, 5.74) is 0. The van der Waals surface area contributed by atoms with Gasteiger partial charge in [-0.3, -0.25) is 4.79 Å². The first-order chi connectivity index (χ1) is 11.0. The first kappa shape index (κ1) is 23.4. The summed E-state index contributed by atoms with van der Waals surface area (Å²) in [6, 6.07) is 0.486. The first-order valence-corrected chi connectivity index (χ1v) is 8.85. The highest BCUT2D eigenvalue weighted by molar-refractivity contribution is 14.0. The summed E-state index contributed by atoms with van der Waals surface area (Å²) in [6.07, 6.45) is 7.26. The van der Waals surface area contributed by atoms with Gasteiger partial charge < -0.3 is 20.3 Å². The molecule has 7 heteroatoms. The molecule has 1 aliphatic rings. The number of nitrogens with zero attached hydrogens (tertiary/aromatic N) is 2. The van der Waals surface area contributed by atoms with Gasteiger partial charge in [-0.25, -0.2) is 4.99 Å². The maximum absolute atomic E-state index is 11.7. The lowest BCUT2D eigenvalue weighted by atomic mass is 10.2. The molecule has 0 unspecified atom stereocenters. The van der Waals surface area contributed by atoms with Gasteiger partial charge in [0.25, 0.3) is 0 Å². The summed E-state index contributed by atoms with van der Waals surface area (Å²) >= 11 is 0. The quantitative estimate of drug-likeness (QED) is 0.243. The summed E-state index contributed by atoms with van der Waals surface area (Å²) in [7, 11) is 3.51. The molecule has 0 bridgehead atoms. The number of carbonyl (C=O) groups excluding carboxylic acids is 1. The third kappa shape index (κ3) is 11.1. The average molecular weight is 454 g/mol. The SMILES string of the molecule is CC(C)OCCCCNC(=NCC(=O)N(C)C)NC1CCCC1.I. The molecule has 0 aromatic heterocycles. The molecule has 1 fully saturated rings. The molecule has 0 saturated heterocycles. The predicted octanol–water partition coefficient (Wildman–Crippen LogP) is 2.38. The molecular formula is C17H35IN4O2. The van der Waals surface area contributed by atoms with E-state index in [-0.39, 0.29) is 36.4 Å². The normalized spacial score (nSPS) is 15.3. The van der Waals surface area contributed by atoms with E-state index in [1.807, 2.05) is 0 Å².